The summed E-state index contributed by atoms with van der Waals surface area (Å²) < 4.78 is 1.89. The van der Waals surface area contributed by atoms with Crippen molar-refractivity contribution >= 4 is 17.2 Å². The average molecular weight is 571 g/mol. The fraction of sp³-hybridized carbons (Fsp3) is 0.441. The highest BCUT2D eigenvalue weighted by atomic mass is 32.1. The molecular formula is C34H42N4O2S. The van der Waals surface area contributed by atoms with E-state index in [0.717, 1.165) is 60.6 Å². The number of nitrogens with one attached hydrogen (secondary N) is 1. The van der Waals surface area contributed by atoms with Crippen molar-refractivity contribution in [2.75, 3.05) is 26.2 Å². The Hall–Kier alpha value is -3.29. The summed E-state index contributed by atoms with van der Waals surface area (Å²) >= 11 is 1.50. The number of hydrogen-bond acceptors (Lipinski definition) is 5. The van der Waals surface area contributed by atoms with Gasteiger partial charge in [0.15, 0.2) is 0 Å². The summed E-state index contributed by atoms with van der Waals surface area (Å²) in [6.45, 7) is 13.5. The normalized spacial score (nSPS) is 17.3. The highest BCUT2D eigenvalue weighted by molar-refractivity contribution is 7.13. The van der Waals surface area contributed by atoms with Gasteiger partial charge in [0.25, 0.3) is 11.5 Å². The van der Waals surface area contributed by atoms with E-state index in [4.69, 9.17) is 4.98 Å². The molecule has 41 heavy (non-hydrogen) atoms. The molecule has 1 saturated heterocycles. The molecule has 0 bridgehead atoms. The predicted octanol–water partition coefficient (Wildman–Crippen LogP) is 6.32. The quantitative estimate of drug-likeness (QED) is 0.344. The van der Waals surface area contributed by atoms with Gasteiger partial charge >= 0.3 is 0 Å². The van der Waals surface area contributed by atoms with Crippen LogP contribution in [0.5, 0.6) is 0 Å². The second-order valence-electron chi connectivity index (χ2n) is 11.6. The van der Waals surface area contributed by atoms with E-state index in [-0.39, 0.29) is 23.3 Å². The first kappa shape index (κ1) is 29.2. The van der Waals surface area contributed by atoms with E-state index in [0.29, 0.717) is 35.6 Å². The first-order valence-corrected chi connectivity index (χ1v) is 15.9. The SMILES string of the molecule is CCc1cccc(CC)c1-n1c(CC(C)C)c(C(=O)N2CCNCC2)cc(-c2nc(C3C=CC(C)=CC3)cs2)c1=O. The molecule has 1 aliphatic carbocycles. The van der Waals surface area contributed by atoms with Crippen LogP contribution in [0.4, 0.5) is 0 Å². The molecule has 3 aromatic rings. The number of pyridine rings is 1. The van der Waals surface area contributed by atoms with Crippen molar-refractivity contribution in [3.05, 3.63) is 91.9 Å². The van der Waals surface area contributed by atoms with Gasteiger partial charge in [-0.3, -0.25) is 14.2 Å². The van der Waals surface area contributed by atoms with Crippen LogP contribution in [0, 0.1) is 5.92 Å². The number of amides is 1. The molecule has 0 radical (unpaired) electrons. The van der Waals surface area contributed by atoms with Gasteiger partial charge in [-0.05, 0) is 55.7 Å². The van der Waals surface area contributed by atoms with E-state index >= 15 is 0 Å². The molecule has 1 atom stereocenters. The minimum atomic E-state index is -0.0936. The molecule has 0 saturated carbocycles. The molecule has 7 heteroatoms. The molecule has 5 rings (SSSR count). The largest absolute Gasteiger partial charge is 0.336 e. The number of thiazole rings is 1. The van der Waals surface area contributed by atoms with Gasteiger partial charge in [0.1, 0.15) is 5.01 Å². The summed E-state index contributed by atoms with van der Waals surface area (Å²) in [6, 6.07) is 8.14. The van der Waals surface area contributed by atoms with Crippen LogP contribution in [0.15, 0.2) is 58.2 Å². The highest BCUT2D eigenvalue weighted by Gasteiger charge is 2.28. The van der Waals surface area contributed by atoms with Crippen molar-refractivity contribution < 1.29 is 4.79 Å². The summed E-state index contributed by atoms with van der Waals surface area (Å²) in [5, 5.41) is 6.10. The number of nitrogens with zero attached hydrogens (tertiary/aromatic N) is 3. The summed E-state index contributed by atoms with van der Waals surface area (Å²) in [5.74, 6) is 0.457. The van der Waals surface area contributed by atoms with E-state index in [1.54, 1.807) is 0 Å². The van der Waals surface area contributed by atoms with Gasteiger partial charge in [-0.1, -0.05) is 69.7 Å². The number of aromatic nitrogens is 2. The van der Waals surface area contributed by atoms with Gasteiger partial charge in [-0.15, -0.1) is 11.3 Å². The van der Waals surface area contributed by atoms with Crippen LogP contribution < -0.4 is 10.9 Å². The van der Waals surface area contributed by atoms with Crippen LogP contribution in [-0.4, -0.2) is 46.5 Å². The molecule has 1 aliphatic heterocycles. The second kappa shape index (κ2) is 12.7. The minimum Gasteiger partial charge on any atom is -0.336 e. The fourth-order valence-electron chi connectivity index (χ4n) is 5.88. The van der Waals surface area contributed by atoms with Crippen molar-refractivity contribution in [1.82, 2.24) is 19.8 Å². The van der Waals surface area contributed by atoms with Crippen LogP contribution >= 0.6 is 11.3 Å². The molecule has 216 valence electrons. The van der Waals surface area contributed by atoms with Crippen LogP contribution in [0.1, 0.15) is 79.8 Å². The van der Waals surface area contributed by atoms with Crippen molar-refractivity contribution in [2.24, 2.45) is 5.92 Å². The zero-order chi connectivity index (χ0) is 29.1. The number of aryl methyl sites for hydroxylation is 2. The monoisotopic (exact) mass is 570 g/mol. The fourth-order valence-corrected chi connectivity index (χ4v) is 6.77. The summed E-state index contributed by atoms with van der Waals surface area (Å²) in [5.41, 5.74) is 7.24. The van der Waals surface area contributed by atoms with E-state index in [9.17, 15) is 9.59 Å². The van der Waals surface area contributed by atoms with Gasteiger partial charge in [0, 0.05) is 43.2 Å². The number of rotatable bonds is 8. The Kier molecular flexibility index (Phi) is 9.05. The van der Waals surface area contributed by atoms with Crippen LogP contribution in [0.2, 0.25) is 0 Å². The maximum absolute atomic E-state index is 14.7. The molecule has 1 unspecified atom stereocenters. The maximum Gasteiger partial charge on any atom is 0.265 e. The highest BCUT2D eigenvalue weighted by Crippen LogP contribution is 2.33. The Morgan fingerprint density at radius 1 is 1.15 bits per heavy atom. The van der Waals surface area contributed by atoms with Crippen molar-refractivity contribution in [3.63, 3.8) is 0 Å². The van der Waals surface area contributed by atoms with E-state index in [1.807, 2.05) is 15.5 Å². The maximum atomic E-state index is 14.7. The third-order valence-corrected chi connectivity index (χ3v) is 9.04. The molecule has 6 nitrogen and oxygen atoms in total. The topological polar surface area (TPSA) is 67.2 Å². The number of carbonyl (C=O) groups is 1. The number of hydrogen-bond donors (Lipinski definition) is 1. The zero-order valence-corrected chi connectivity index (χ0v) is 25.8. The number of allylic oxidation sites excluding steroid dienone is 4. The van der Waals surface area contributed by atoms with Gasteiger partial charge in [0.05, 0.1) is 22.5 Å². The van der Waals surface area contributed by atoms with Crippen molar-refractivity contribution in [2.45, 2.75) is 66.2 Å². The summed E-state index contributed by atoms with van der Waals surface area (Å²) in [6.07, 6.45) is 9.69. The first-order valence-electron chi connectivity index (χ1n) is 15.0. The predicted molar refractivity (Wildman–Crippen MR) is 169 cm³/mol. The smallest absolute Gasteiger partial charge is 0.265 e. The molecule has 0 spiro atoms. The van der Waals surface area contributed by atoms with Crippen LogP contribution in [0.25, 0.3) is 16.3 Å². The lowest BCUT2D eigenvalue weighted by atomic mass is 9.95. The first-order chi connectivity index (χ1) is 19.8. The third-order valence-electron chi connectivity index (χ3n) is 8.15. The Balaban J connectivity index is 1.76. The zero-order valence-electron chi connectivity index (χ0n) is 25.0. The van der Waals surface area contributed by atoms with Gasteiger partial charge in [-0.2, -0.15) is 0 Å². The second-order valence-corrected chi connectivity index (χ2v) is 12.4. The number of carbonyl (C=O) groups excluding carboxylic acids is 1. The standard InChI is InChI=1S/C34H42N4O2S/c1-6-24-9-8-10-25(7-2)31(24)38-30(19-22(3)4)27(33(39)37-17-15-35-16-18-37)20-28(34(38)40)32-36-29(21-41-32)26-13-11-23(5)12-14-26/h8-13,20-22,26,35H,6-7,14-19H2,1-5H3. The molecule has 1 fully saturated rings. The molecule has 2 aromatic heterocycles. The number of piperazine rings is 1. The average Bonchev–Trinajstić information content (AvgIpc) is 3.47. The van der Waals surface area contributed by atoms with Gasteiger partial charge in [0.2, 0.25) is 0 Å². The third kappa shape index (κ3) is 6.02. The minimum absolute atomic E-state index is 0.00298. The van der Waals surface area contributed by atoms with Crippen LogP contribution in [0.3, 0.4) is 0 Å². The molecular weight excluding hydrogens is 528 g/mol. The Morgan fingerprint density at radius 2 is 1.85 bits per heavy atom. The van der Waals surface area contributed by atoms with Crippen molar-refractivity contribution in [1.29, 1.82) is 0 Å². The van der Waals surface area contributed by atoms with E-state index < -0.39 is 0 Å². The Morgan fingerprint density at radius 3 is 2.46 bits per heavy atom. The number of para-hydroxylation sites is 1. The van der Waals surface area contributed by atoms with Crippen LogP contribution in [-0.2, 0) is 19.3 Å². The van der Waals surface area contributed by atoms with Crippen molar-refractivity contribution in [3.8, 4) is 16.3 Å². The van der Waals surface area contributed by atoms with E-state index in [1.165, 1.54) is 16.9 Å². The molecule has 3 heterocycles. The molecule has 2 aliphatic rings. The lowest BCUT2D eigenvalue weighted by Crippen LogP contribution is -2.47. The Labute approximate surface area is 247 Å². The van der Waals surface area contributed by atoms with Gasteiger partial charge < -0.3 is 10.2 Å². The molecule has 1 amide bonds. The van der Waals surface area contributed by atoms with E-state index in [2.05, 4.69) is 81.7 Å². The van der Waals surface area contributed by atoms with Gasteiger partial charge in [-0.25, -0.2) is 4.98 Å². The Bertz CT molecular complexity index is 1520. The lowest BCUT2D eigenvalue weighted by molar-refractivity contribution is 0.0733. The molecule has 1 N–H and O–H groups in total. The molecule has 1 aromatic carbocycles. The lowest BCUT2D eigenvalue weighted by Gasteiger charge is -2.30. The summed E-state index contributed by atoms with van der Waals surface area (Å²) in [4.78, 5) is 35.8. The number of benzene rings is 1. The summed E-state index contributed by atoms with van der Waals surface area (Å²) in [7, 11) is 0.